The number of sulfonamides is 1. The van der Waals surface area contributed by atoms with Crippen molar-refractivity contribution >= 4 is 50.7 Å². The first-order valence-corrected chi connectivity index (χ1v) is 10.6. The molecule has 138 valence electrons. The zero-order chi connectivity index (χ0) is 18.9. The molecule has 0 aliphatic carbocycles. The molecule has 1 heterocycles. The van der Waals surface area contributed by atoms with Crippen LogP contribution >= 0.6 is 23.4 Å². The predicted molar refractivity (Wildman–Crippen MR) is 104 cm³/mol. The molecule has 3 rings (SSSR count). The van der Waals surface area contributed by atoms with Gasteiger partial charge in [0.1, 0.15) is 5.75 Å². The number of carbonyl (C=O) groups excluding carboxylic acids is 1. The predicted octanol–water partition coefficient (Wildman–Crippen LogP) is 3.61. The summed E-state index contributed by atoms with van der Waals surface area (Å²) in [6, 6.07) is 9.41. The van der Waals surface area contributed by atoms with Gasteiger partial charge in [0.05, 0.1) is 28.4 Å². The van der Waals surface area contributed by atoms with Crippen LogP contribution in [0.2, 0.25) is 5.02 Å². The Labute approximate surface area is 161 Å². The summed E-state index contributed by atoms with van der Waals surface area (Å²) in [6.45, 7) is 2.02. The highest BCUT2D eigenvalue weighted by molar-refractivity contribution is 7.99. The molecular formula is C17H17ClN2O4S2. The molecule has 0 saturated carbocycles. The lowest BCUT2D eigenvalue weighted by Gasteiger charge is -2.28. The maximum atomic E-state index is 12.7. The molecule has 1 aliphatic rings. The number of hydrogen-bond donors (Lipinski definition) is 1. The van der Waals surface area contributed by atoms with Crippen molar-refractivity contribution in [3.63, 3.8) is 0 Å². The van der Waals surface area contributed by atoms with Gasteiger partial charge in [0.2, 0.25) is 5.91 Å². The Morgan fingerprint density at radius 1 is 1.27 bits per heavy atom. The number of ether oxygens (including phenoxy) is 1. The van der Waals surface area contributed by atoms with Gasteiger partial charge < -0.3 is 9.64 Å². The minimum atomic E-state index is -3.83. The highest BCUT2D eigenvalue weighted by Crippen LogP contribution is 2.37. The number of amides is 1. The fourth-order valence-electron chi connectivity index (χ4n) is 2.64. The van der Waals surface area contributed by atoms with Crippen LogP contribution in [0.4, 0.5) is 11.4 Å². The van der Waals surface area contributed by atoms with Gasteiger partial charge in [-0.25, -0.2) is 8.42 Å². The third-order valence-corrected chi connectivity index (χ3v) is 6.61. The molecule has 1 N–H and O–H groups in total. The summed E-state index contributed by atoms with van der Waals surface area (Å²) in [4.78, 5) is 14.4. The van der Waals surface area contributed by atoms with Crippen LogP contribution in [0.1, 0.15) is 6.92 Å². The first-order chi connectivity index (χ1) is 12.3. The van der Waals surface area contributed by atoms with Gasteiger partial charge in [0.25, 0.3) is 10.0 Å². The lowest BCUT2D eigenvalue weighted by Crippen LogP contribution is -2.33. The van der Waals surface area contributed by atoms with Crippen LogP contribution in [0.25, 0.3) is 0 Å². The maximum absolute atomic E-state index is 12.7. The lowest BCUT2D eigenvalue weighted by atomic mass is 10.2. The van der Waals surface area contributed by atoms with Crippen LogP contribution in [0.5, 0.6) is 5.75 Å². The number of hydrogen-bond acceptors (Lipinski definition) is 5. The monoisotopic (exact) mass is 412 g/mol. The van der Waals surface area contributed by atoms with Gasteiger partial charge in [-0.1, -0.05) is 11.6 Å². The van der Waals surface area contributed by atoms with E-state index in [0.717, 1.165) is 10.6 Å². The number of carbonyl (C=O) groups is 1. The molecule has 2 aromatic rings. The number of nitrogens with one attached hydrogen (secondary N) is 1. The normalized spacial score (nSPS) is 13.9. The molecule has 0 unspecified atom stereocenters. The Kier molecular flexibility index (Phi) is 5.36. The van der Waals surface area contributed by atoms with Gasteiger partial charge in [0.15, 0.2) is 0 Å². The largest absolute Gasteiger partial charge is 0.495 e. The highest BCUT2D eigenvalue weighted by Gasteiger charge is 2.24. The highest BCUT2D eigenvalue weighted by atomic mass is 35.5. The van der Waals surface area contributed by atoms with Crippen LogP contribution in [-0.2, 0) is 14.8 Å². The van der Waals surface area contributed by atoms with E-state index in [9.17, 15) is 13.2 Å². The van der Waals surface area contributed by atoms with Crippen molar-refractivity contribution in [3.05, 3.63) is 41.4 Å². The third kappa shape index (κ3) is 3.77. The molecule has 0 saturated heterocycles. The van der Waals surface area contributed by atoms with Crippen LogP contribution in [0.15, 0.2) is 46.2 Å². The molecule has 6 nitrogen and oxygen atoms in total. The molecule has 0 bridgehead atoms. The lowest BCUT2D eigenvalue weighted by molar-refractivity contribution is -0.116. The van der Waals surface area contributed by atoms with Crippen molar-refractivity contribution in [2.24, 2.45) is 0 Å². The minimum Gasteiger partial charge on any atom is -0.495 e. The molecule has 2 aromatic carbocycles. The van der Waals surface area contributed by atoms with E-state index in [1.807, 2.05) is 0 Å². The molecular weight excluding hydrogens is 396 g/mol. The minimum absolute atomic E-state index is 0.0805. The maximum Gasteiger partial charge on any atom is 0.261 e. The van der Waals surface area contributed by atoms with Gasteiger partial charge >= 0.3 is 0 Å². The topological polar surface area (TPSA) is 75.7 Å². The van der Waals surface area contributed by atoms with E-state index in [4.69, 9.17) is 16.3 Å². The number of nitrogens with zero attached hydrogens (tertiary/aromatic N) is 1. The van der Waals surface area contributed by atoms with Gasteiger partial charge in [0, 0.05) is 24.1 Å². The Bertz CT molecular complexity index is 963. The van der Waals surface area contributed by atoms with E-state index in [-0.39, 0.29) is 10.8 Å². The average Bonchev–Trinajstić information content (AvgIpc) is 2.60. The Hall–Kier alpha value is -1.90. The van der Waals surface area contributed by atoms with Crippen LogP contribution in [0.3, 0.4) is 0 Å². The molecule has 0 aromatic heterocycles. The Balaban J connectivity index is 1.94. The van der Waals surface area contributed by atoms with Crippen LogP contribution in [-0.4, -0.2) is 33.7 Å². The summed E-state index contributed by atoms with van der Waals surface area (Å²) in [5, 5.41) is 0.303. The second-order valence-corrected chi connectivity index (χ2v) is 8.83. The first-order valence-electron chi connectivity index (χ1n) is 7.73. The third-order valence-electron chi connectivity index (χ3n) is 3.89. The SMILES string of the molecule is COc1ccc(NS(=O)(=O)c2ccc3c(c2)N(C(C)=O)CCS3)cc1Cl. The number of methoxy groups -OCH3 is 1. The fourth-order valence-corrected chi connectivity index (χ4v) is 4.94. The molecule has 0 atom stereocenters. The van der Waals surface area contributed by atoms with E-state index in [0.29, 0.717) is 28.7 Å². The van der Waals surface area contributed by atoms with Crippen molar-refractivity contribution < 1.29 is 17.9 Å². The quantitative estimate of drug-likeness (QED) is 0.830. The average molecular weight is 413 g/mol. The number of anilines is 2. The summed E-state index contributed by atoms with van der Waals surface area (Å²) < 4.78 is 33.0. The van der Waals surface area contributed by atoms with E-state index in [1.54, 1.807) is 34.9 Å². The van der Waals surface area contributed by atoms with Crippen molar-refractivity contribution in [3.8, 4) is 5.75 Å². The zero-order valence-electron chi connectivity index (χ0n) is 14.2. The van der Waals surface area contributed by atoms with Gasteiger partial charge in [-0.15, -0.1) is 11.8 Å². The van der Waals surface area contributed by atoms with Crippen molar-refractivity contribution in [2.45, 2.75) is 16.7 Å². The van der Waals surface area contributed by atoms with E-state index >= 15 is 0 Å². The number of benzene rings is 2. The summed E-state index contributed by atoms with van der Waals surface area (Å²) in [7, 11) is -2.35. The number of fused-ring (bicyclic) bond motifs is 1. The number of halogens is 1. The van der Waals surface area contributed by atoms with E-state index in [2.05, 4.69) is 4.72 Å². The van der Waals surface area contributed by atoms with Crippen molar-refractivity contribution in [2.75, 3.05) is 29.0 Å². The van der Waals surface area contributed by atoms with Gasteiger partial charge in [-0.2, -0.15) is 0 Å². The number of thioether (sulfide) groups is 1. The Morgan fingerprint density at radius 2 is 2.04 bits per heavy atom. The van der Waals surface area contributed by atoms with Crippen molar-refractivity contribution in [1.82, 2.24) is 0 Å². The van der Waals surface area contributed by atoms with E-state index < -0.39 is 10.0 Å². The Morgan fingerprint density at radius 3 is 2.69 bits per heavy atom. The molecule has 1 aliphatic heterocycles. The van der Waals surface area contributed by atoms with Crippen LogP contribution < -0.4 is 14.4 Å². The van der Waals surface area contributed by atoms with Gasteiger partial charge in [-0.3, -0.25) is 9.52 Å². The summed E-state index contributed by atoms with van der Waals surface area (Å²) in [5.41, 5.74) is 0.940. The molecule has 9 heteroatoms. The fraction of sp³-hybridized carbons (Fsp3) is 0.235. The molecule has 0 radical (unpaired) electrons. The summed E-state index contributed by atoms with van der Waals surface area (Å²) >= 11 is 7.65. The molecule has 1 amide bonds. The van der Waals surface area contributed by atoms with Crippen molar-refractivity contribution in [1.29, 1.82) is 0 Å². The van der Waals surface area contributed by atoms with E-state index in [1.165, 1.54) is 32.2 Å². The molecule has 0 fully saturated rings. The summed E-state index contributed by atoms with van der Waals surface area (Å²) in [5.74, 6) is 1.12. The number of rotatable bonds is 4. The second kappa shape index (κ2) is 7.38. The molecule has 26 heavy (non-hydrogen) atoms. The zero-order valence-corrected chi connectivity index (χ0v) is 16.5. The van der Waals surface area contributed by atoms with Crippen LogP contribution in [0, 0.1) is 0 Å². The second-order valence-electron chi connectivity index (χ2n) is 5.60. The first kappa shape index (κ1) is 18.9. The standard InChI is InChI=1S/C17H17ClN2O4S2/c1-11(21)20-7-8-25-17-6-4-13(10-15(17)20)26(22,23)19-12-3-5-16(24-2)14(18)9-12/h3-6,9-10,19H,7-8H2,1-2H3. The summed E-state index contributed by atoms with van der Waals surface area (Å²) in [6.07, 6.45) is 0. The smallest absolute Gasteiger partial charge is 0.261 e. The van der Waals surface area contributed by atoms with Gasteiger partial charge in [-0.05, 0) is 36.4 Å². The molecule has 0 spiro atoms.